The first-order valence-corrected chi connectivity index (χ1v) is 7.38. The van der Waals surface area contributed by atoms with Crippen LogP contribution in [0.1, 0.15) is 28.8 Å². The van der Waals surface area contributed by atoms with Gasteiger partial charge < -0.3 is 8.45 Å². The predicted molar refractivity (Wildman–Crippen MR) is 77.9 cm³/mol. The van der Waals surface area contributed by atoms with E-state index in [4.69, 9.17) is 0 Å². The van der Waals surface area contributed by atoms with E-state index in [1.54, 1.807) is 4.90 Å². The third kappa shape index (κ3) is 2.36. The van der Waals surface area contributed by atoms with E-state index in [0.29, 0.717) is 31.5 Å². The molecule has 0 atom stereocenters. The minimum Gasteiger partial charge on any atom is -0.457 e. The van der Waals surface area contributed by atoms with Gasteiger partial charge in [0.2, 0.25) is 0 Å². The average molecular weight is 286 g/mol. The van der Waals surface area contributed by atoms with Crippen LogP contribution in [0.4, 0.5) is 4.39 Å². The van der Waals surface area contributed by atoms with E-state index in [2.05, 4.69) is 16.5 Å². The summed E-state index contributed by atoms with van der Waals surface area (Å²) in [6.45, 7) is 3.06. The molecule has 1 saturated heterocycles. The van der Waals surface area contributed by atoms with E-state index in [1.165, 1.54) is 0 Å². The molecular weight excluding hydrogens is 270 g/mol. The van der Waals surface area contributed by atoms with Crippen molar-refractivity contribution in [2.75, 3.05) is 13.1 Å². The first-order chi connectivity index (χ1) is 9.56. The third-order valence-corrected chi connectivity index (χ3v) is 4.42. The van der Waals surface area contributed by atoms with Gasteiger partial charge in [0.25, 0.3) is 5.91 Å². The molecule has 1 aromatic heterocycles. The number of carbonyl (C=O) groups is 1. The van der Waals surface area contributed by atoms with E-state index in [9.17, 15) is 9.18 Å². The molecule has 2 heterocycles. The second-order valence-electron chi connectivity index (χ2n) is 5.42. The lowest BCUT2D eigenvalue weighted by atomic mass is 10.1. The third-order valence-electron chi connectivity index (χ3n) is 3.99. The number of rotatable bonds is 1. The van der Waals surface area contributed by atoms with E-state index in [1.807, 2.05) is 34.9 Å². The largest absolute Gasteiger partial charge is 0.457 e. The fraction of sp³-hybridized carbons (Fsp3) is 0.400. The van der Waals surface area contributed by atoms with Crippen LogP contribution < -0.4 is 0 Å². The summed E-state index contributed by atoms with van der Waals surface area (Å²) in [5.74, 6) is 0.00899. The predicted octanol–water partition coefficient (Wildman–Crippen LogP) is 2.46. The Morgan fingerprint density at radius 1 is 1.35 bits per heavy atom. The lowest BCUT2D eigenvalue weighted by molar-refractivity contribution is 0.0667. The fourth-order valence-corrected chi connectivity index (χ4v) is 3.24. The van der Waals surface area contributed by atoms with Crippen LogP contribution in [0.2, 0.25) is 0 Å². The highest BCUT2D eigenvalue weighted by atomic mass is 27.1. The zero-order chi connectivity index (χ0) is 14.3. The maximum atomic E-state index is 13.1. The molecule has 0 N–H and O–H groups in total. The van der Waals surface area contributed by atoms with Gasteiger partial charge >= 0.3 is 16.5 Å². The molecule has 1 aliphatic heterocycles. The molecule has 0 unspecified atom stereocenters. The number of hydrogen-bond donors (Lipinski definition) is 0. The van der Waals surface area contributed by atoms with Crippen molar-refractivity contribution in [1.82, 2.24) is 8.45 Å². The lowest BCUT2D eigenvalue weighted by Gasteiger charge is -2.28. The Morgan fingerprint density at radius 2 is 2.05 bits per heavy atom. The van der Waals surface area contributed by atoms with E-state index in [-0.39, 0.29) is 5.91 Å². The number of fused-ring (bicyclic) bond motifs is 1. The molecule has 0 spiro atoms. The van der Waals surface area contributed by atoms with Crippen LogP contribution >= 0.6 is 0 Å². The van der Waals surface area contributed by atoms with Gasteiger partial charge in [-0.1, -0.05) is 0 Å². The molecule has 0 saturated carbocycles. The highest BCUT2D eigenvalue weighted by Crippen LogP contribution is 2.23. The van der Waals surface area contributed by atoms with Crippen molar-refractivity contribution in [2.45, 2.75) is 25.9 Å². The topological polar surface area (TPSA) is 25.2 Å². The molecular formula is C15H16AlFN2O. The molecule has 0 aliphatic carbocycles. The van der Waals surface area contributed by atoms with Crippen molar-refractivity contribution in [1.29, 1.82) is 0 Å². The first kappa shape index (κ1) is 13.7. The summed E-state index contributed by atoms with van der Waals surface area (Å²) in [5, 5.41) is 1.09. The Labute approximate surface area is 126 Å². The van der Waals surface area contributed by atoms with Gasteiger partial charge in [-0.2, -0.15) is 0 Å². The smallest absolute Gasteiger partial charge is 0.317 e. The molecule has 0 bridgehead atoms. The number of aryl methyl sites for hydroxylation is 1. The van der Waals surface area contributed by atoms with Crippen LogP contribution in [0.25, 0.3) is 10.9 Å². The summed E-state index contributed by atoms with van der Waals surface area (Å²) in [4.78, 5) is 14.2. The number of hydrogen-bond acceptors (Lipinski definition) is 1. The van der Waals surface area contributed by atoms with Gasteiger partial charge in [0.05, 0.1) is 0 Å². The second kappa shape index (κ2) is 5.23. The number of piperidine rings is 1. The summed E-state index contributed by atoms with van der Waals surface area (Å²) < 4.78 is 15.1. The van der Waals surface area contributed by atoms with Crippen LogP contribution in [0.3, 0.4) is 0 Å². The SMILES string of the molecule is Cc1c[n]([Al])c2ccc(C(=O)N3CCC(F)CC3)cc12. The quantitative estimate of drug-likeness (QED) is 0.739. The van der Waals surface area contributed by atoms with E-state index in [0.717, 1.165) is 16.5 Å². The number of amides is 1. The fourth-order valence-electron chi connectivity index (χ4n) is 2.79. The molecule has 2 radical (unpaired) electrons. The molecule has 1 fully saturated rings. The zero-order valence-corrected chi connectivity index (χ0v) is 12.6. The standard InChI is InChI=1S/C15H17FN2O.Al/c1-10-9-17-14-3-2-11(8-13(10)14)15(19)18-6-4-12(16)5-7-18;/h2-3,8-9,12H,4-7H2,1H3,(H,17,19);/q;+1/p-1. The second-order valence-corrected chi connectivity index (χ2v) is 5.97. The Hall–Kier alpha value is -1.31. The molecule has 102 valence electrons. The van der Waals surface area contributed by atoms with Gasteiger partial charge in [0.15, 0.2) is 0 Å². The summed E-state index contributed by atoms with van der Waals surface area (Å²) in [6.07, 6.45) is 2.18. The van der Waals surface area contributed by atoms with Crippen LogP contribution in [0.5, 0.6) is 0 Å². The highest BCUT2D eigenvalue weighted by molar-refractivity contribution is 6.12. The van der Waals surface area contributed by atoms with Crippen LogP contribution in [-0.4, -0.2) is 50.1 Å². The van der Waals surface area contributed by atoms with Gasteiger partial charge in [0.1, 0.15) is 6.17 Å². The van der Waals surface area contributed by atoms with E-state index >= 15 is 0 Å². The average Bonchev–Trinajstić information content (AvgIpc) is 2.74. The Morgan fingerprint density at radius 3 is 2.75 bits per heavy atom. The molecule has 5 heteroatoms. The molecule has 3 nitrogen and oxygen atoms in total. The van der Waals surface area contributed by atoms with Crippen molar-refractivity contribution >= 4 is 33.3 Å². The van der Waals surface area contributed by atoms with E-state index < -0.39 is 6.17 Å². The zero-order valence-electron chi connectivity index (χ0n) is 11.5. The maximum absolute atomic E-state index is 13.1. The number of carbonyl (C=O) groups excluding carboxylic acids is 1. The van der Waals surface area contributed by atoms with Crippen molar-refractivity contribution in [2.24, 2.45) is 0 Å². The van der Waals surface area contributed by atoms with Crippen LogP contribution in [-0.2, 0) is 0 Å². The Kier molecular flexibility index (Phi) is 3.58. The molecule has 1 aliphatic rings. The number of nitrogens with zero attached hydrogens (tertiary/aromatic N) is 2. The summed E-state index contributed by atoms with van der Waals surface area (Å²) in [5.41, 5.74) is 2.92. The Bertz CT molecular complexity index is 659. The first-order valence-electron chi connectivity index (χ1n) is 6.86. The monoisotopic (exact) mass is 286 g/mol. The molecule has 1 amide bonds. The summed E-state index contributed by atoms with van der Waals surface area (Å²) >= 11 is 2.64. The van der Waals surface area contributed by atoms with Crippen molar-refractivity contribution in [3.63, 3.8) is 0 Å². The van der Waals surface area contributed by atoms with Gasteiger partial charge in [0, 0.05) is 29.6 Å². The molecule has 20 heavy (non-hydrogen) atoms. The van der Waals surface area contributed by atoms with Gasteiger partial charge in [-0.05, 0) is 49.7 Å². The van der Waals surface area contributed by atoms with Crippen molar-refractivity contribution in [3.8, 4) is 0 Å². The lowest BCUT2D eigenvalue weighted by Crippen LogP contribution is -2.39. The number of benzene rings is 1. The van der Waals surface area contributed by atoms with Gasteiger partial charge in [-0.25, -0.2) is 4.39 Å². The molecule has 3 rings (SSSR count). The summed E-state index contributed by atoms with van der Waals surface area (Å²) in [7, 11) is 0. The van der Waals surface area contributed by atoms with Crippen molar-refractivity contribution in [3.05, 3.63) is 35.5 Å². The molecule has 1 aromatic carbocycles. The van der Waals surface area contributed by atoms with Gasteiger partial charge in [-0.15, -0.1) is 0 Å². The Balaban J connectivity index is 1.90. The number of halogens is 1. The maximum Gasteiger partial charge on any atom is 0.317 e. The molecule has 2 aromatic rings. The normalized spacial score (nSPS) is 16.8. The van der Waals surface area contributed by atoms with Crippen LogP contribution in [0, 0.1) is 6.92 Å². The number of likely N-dealkylation sites (tertiary alicyclic amines) is 1. The van der Waals surface area contributed by atoms with Crippen molar-refractivity contribution < 1.29 is 9.18 Å². The van der Waals surface area contributed by atoms with Gasteiger partial charge in [-0.3, -0.25) is 4.79 Å². The number of aromatic nitrogens is 1. The minimum absolute atomic E-state index is 0.00899. The highest BCUT2D eigenvalue weighted by Gasteiger charge is 2.23. The minimum atomic E-state index is -0.755. The number of alkyl halides is 1. The summed E-state index contributed by atoms with van der Waals surface area (Å²) in [6, 6.07) is 5.76. The van der Waals surface area contributed by atoms with Crippen LogP contribution in [0.15, 0.2) is 24.4 Å².